The van der Waals surface area contributed by atoms with Gasteiger partial charge in [-0.05, 0) is 39.0 Å². The van der Waals surface area contributed by atoms with Crippen LogP contribution in [0.15, 0.2) is 27.1 Å². The van der Waals surface area contributed by atoms with E-state index in [1.165, 1.54) is 12.3 Å². The molecule has 0 aliphatic heterocycles. The Balaban J connectivity index is 2.89. The minimum atomic E-state index is -1.36. The van der Waals surface area contributed by atoms with E-state index >= 15 is 0 Å². The van der Waals surface area contributed by atoms with Crippen LogP contribution in [-0.4, -0.2) is 15.2 Å². The molecule has 1 aromatic rings. The zero-order valence-electron chi connectivity index (χ0n) is 9.33. The van der Waals surface area contributed by atoms with Crippen molar-refractivity contribution in [2.75, 3.05) is 0 Å². The molecule has 1 atom stereocenters. The summed E-state index contributed by atoms with van der Waals surface area (Å²) in [7, 11) is -1.36. The number of hydrogen-bond acceptors (Lipinski definition) is 1. The lowest BCUT2D eigenvalue weighted by Gasteiger charge is -2.12. The number of hydrogen-bond donors (Lipinski definition) is 0. The molecule has 0 aliphatic carbocycles. The van der Waals surface area contributed by atoms with Crippen LogP contribution < -0.4 is 0 Å². The molecule has 0 saturated heterocycles. The van der Waals surface area contributed by atoms with Crippen LogP contribution >= 0.6 is 15.9 Å². The molecule has 2 nitrogen and oxygen atoms in total. The van der Waals surface area contributed by atoms with Crippen molar-refractivity contribution < 1.29 is 8.60 Å². The Hall–Kier alpha value is -0.550. The zero-order valence-corrected chi connectivity index (χ0v) is 11.7. The Morgan fingerprint density at radius 3 is 2.56 bits per heavy atom. The maximum Gasteiger partial charge on any atom is 0.144 e. The molecule has 0 fully saturated rings. The SMILES string of the molecule is CC(C)(C)[S@@](=O)/N=C/c1ccc(Br)cc1F. The highest BCUT2D eigenvalue weighted by Crippen LogP contribution is 2.15. The molecular formula is C11H13BrFNOS. The topological polar surface area (TPSA) is 29.4 Å². The number of halogens is 2. The fraction of sp³-hybridized carbons (Fsp3) is 0.364. The molecule has 0 bridgehead atoms. The molecule has 0 aromatic heterocycles. The first-order valence-electron chi connectivity index (χ1n) is 4.72. The Kier molecular flexibility index (Phi) is 4.38. The van der Waals surface area contributed by atoms with Gasteiger partial charge in [-0.15, -0.1) is 0 Å². The Labute approximate surface area is 106 Å². The molecule has 16 heavy (non-hydrogen) atoms. The van der Waals surface area contributed by atoms with Crippen LogP contribution in [0.25, 0.3) is 0 Å². The minimum Gasteiger partial charge on any atom is -0.234 e. The van der Waals surface area contributed by atoms with E-state index in [2.05, 4.69) is 20.3 Å². The molecule has 0 radical (unpaired) electrons. The van der Waals surface area contributed by atoms with Gasteiger partial charge in [0.1, 0.15) is 16.8 Å². The van der Waals surface area contributed by atoms with Gasteiger partial charge in [0, 0.05) is 16.3 Å². The summed E-state index contributed by atoms with van der Waals surface area (Å²) in [6.07, 6.45) is 1.31. The average molecular weight is 306 g/mol. The fourth-order valence-corrected chi connectivity index (χ4v) is 1.73. The first-order valence-corrected chi connectivity index (χ1v) is 6.62. The number of rotatable bonds is 2. The summed E-state index contributed by atoms with van der Waals surface area (Å²) in [6, 6.07) is 4.65. The molecular weight excluding hydrogens is 293 g/mol. The molecule has 88 valence electrons. The lowest BCUT2D eigenvalue weighted by molar-refractivity contribution is 0.625. The molecule has 1 rings (SSSR count). The summed E-state index contributed by atoms with van der Waals surface area (Å²) in [5.41, 5.74) is 0.334. The van der Waals surface area contributed by atoms with Gasteiger partial charge >= 0.3 is 0 Å². The van der Waals surface area contributed by atoms with Crippen LogP contribution in [0.2, 0.25) is 0 Å². The van der Waals surface area contributed by atoms with Gasteiger partial charge in [0.15, 0.2) is 0 Å². The molecule has 0 spiro atoms. The van der Waals surface area contributed by atoms with Gasteiger partial charge in [-0.1, -0.05) is 15.9 Å². The van der Waals surface area contributed by atoms with Gasteiger partial charge in [-0.3, -0.25) is 0 Å². The van der Waals surface area contributed by atoms with Crippen molar-refractivity contribution in [1.29, 1.82) is 0 Å². The van der Waals surface area contributed by atoms with Crippen LogP contribution in [0.3, 0.4) is 0 Å². The Bertz CT molecular complexity index is 440. The minimum absolute atomic E-state index is 0.334. The van der Waals surface area contributed by atoms with Gasteiger partial charge in [-0.2, -0.15) is 4.40 Å². The molecule has 0 N–H and O–H groups in total. The molecule has 0 saturated carbocycles. The summed E-state index contributed by atoms with van der Waals surface area (Å²) in [4.78, 5) is 0. The maximum atomic E-state index is 13.4. The third kappa shape index (κ3) is 3.79. The van der Waals surface area contributed by atoms with Crippen LogP contribution in [-0.2, 0) is 11.0 Å². The number of benzene rings is 1. The van der Waals surface area contributed by atoms with E-state index in [1.807, 2.05) is 20.8 Å². The summed E-state index contributed by atoms with van der Waals surface area (Å²) in [5, 5.41) is 0. The van der Waals surface area contributed by atoms with Crippen molar-refractivity contribution in [2.45, 2.75) is 25.5 Å². The molecule has 0 aliphatic rings. The maximum absolute atomic E-state index is 13.4. The van der Waals surface area contributed by atoms with Gasteiger partial charge in [0.2, 0.25) is 0 Å². The van der Waals surface area contributed by atoms with E-state index in [4.69, 9.17) is 0 Å². The lowest BCUT2D eigenvalue weighted by Crippen LogP contribution is -2.19. The lowest BCUT2D eigenvalue weighted by atomic mass is 10.2. The third-order valence-electron chi connectivity index (χ3n) is 1.77. The summed E-state index contributed by atoms with van der Waals surface area (Å²) >= 11 is 3.16. The summed E-state index contributed by atoms with van der Waals surface area (Å²) < 4.78 is 29.1. The molecule has 0 amide bonds. The van der Waals surface area contributed by atoms with E-state index in [9.17, 15) is 8.60 Å². The van der Waals surface area contributed by atoms with Crippen molar-refractivity contribution in [1.82, 2.24) is 0 Å². The van der Waals surface area contributed by atoms with Crippen LogP contribution in [0.4, 0.5) is 4.39 Å². The average Bonchev–Trinajstić information content (AvgIpc) is 2.14. The van der Waals surface area contributed by atoms with Crippen molar-refractivity contribution in [3.05, 3.63) is 34.1 Å². The summed E-state index contributed by atoms with van der Waals surface area (Å²) in [5.74, 6) is -0.385. The van der Waals surface area contributed by atoms with Gasteiger partial charge in [0.25, 0.3) is 0 Å². The predicted molar refractivity (Wildman–Crippen MR) is 69.6 cm³/mol. The van der Waals surface area contributed by atoms with E-state index in [0.29, 0.717) is 10.0 Å². The quantitative estimate of drug-likeness (QED) is 0.769. The van der Waals surface area contributed by atoms with E-state index in [-0.39, 0.29) is 5.82 Å². The molecule has 1 aromatic carbocycles. The molecule has 0 unspecified atom stereocenters. The second-order valence-electron chi connectivity index (χ2n) is 4.26. The monoisotopic (exact) mass is 305 g/mol. The first-order chi connectivity index (χ1) is 7.30. The largest absolute Gasteiger partial charge is 0.234 e. The Morgan fingerprint density at radius 2 is 2.06 bits per heavy atom. The van der Waals surface area contributed by atoms with Crippen LogP contribution in [0, 0.1) is 5.82 Å². The fourth-order valence-electron chi connectivity index (χ4n) is 0.869. The van der Waals surface area contributed by atoms with Crippen molar-refractivity contribution in [2.24, 2.45) is 4.40 Å². The van der Waals surface area contributed by atoms with Crippen molar-refractivity contribution in [3.8, 4) is 0 Å². The van der Waals surface area contributed by atoms with E-state index < -0.39 is 15.7 Å². The second-order valence-corrected chi connectivity index (χ2v) is 7.11. The normalized spacial score (nSPS) is 14.3. The number of nitrogens with zero attached hydrogens (tertiary/aromatic N) is 1. The van der Waals surface area contributed by atoms with Gasteiger partial charge in [0.05, 0.1) is 4.75 Å². The van der Waals surface area contributed by atoms with E-state index in [1.54, 1.807) is 12.1 Å². The van der Waals surface area contributed by atoms with Gasteiger partial charge < -0.3 is 0 Å². The highest BCUT2D eigenvalue weighted by atomic mass is 79.9. The van der Waals surface area contributed by atoms with E-state index in [0.717, 1.165) is 0 Å². The smallest absolute Gasteiger partial charge is 0.144 e. The highest BCUT2D eigenvalue weighted by Gasteiger charge is 2.18. The van der Waals surface area contributed by atoms with Crippen molar-refractivity contribution in [3.63, 3.8) is 0 Å². The second kappa shape index (κ2) is 5.19. The molecule has 5 heteroatoms. The zero-order chi connectivity index (χ0) is 12.3. The standard InChI is InChI=1S/C11H13BrFNOS/c1-11(2,3)16(15)14-7-8-4-5-9(12)6-10(8)13/h4-7H,1-3H3/b14-7+/t16-/m1/s1. The summed E-state index contributed by atoms with van der Waals surface area (Å²) in [6.45, 7) is 5.45. The van der Waals surface area contributed by atoms with Gasteiger partial charge in [-0.25, -0.2) is 8.60 Å². The van der Waals surface area contributed by atoms with Crippen LogP contribution in [0.5, 0.6) is 0 Å². The Morgan fingerprint density at radius 1 is 1.44 bits per heavy atom. The first kappa shape index (κ1) is 13.5. The molecule has 0 heterocycles. The predicted octanol–water partition coefficient (Wildman–Crippen LogP) is 3.47. The van der Waals surface area contributed by atoms with Crippen LogP contribution in [0.1, 0.15) is 26.3 Å². The third-order valence-corrected chi connectivity index (χ3v) is 3.61. The van der Waals surface area contributed by atoms with Crippen molar-refractivity contribution >= 4 is 33.1 Å². The highest BCUT2D eigenvalue weighted by molar-refractivity contribution is 9.10.